The van der Waals surface area contributed by atoms with Gasteiger partial charge in [-0.15, -0.1) is 0 Å². The van der Waals surface area contributed by atoms with Crippen molar-refractivity contribution < 1.29 is 9.26 Å². The first kappa shape index (κ1) is 10.7. The number of aromatic nitrogens is 2. The van der Waals surface area contributed by atoms with Crippen LogP contribution in [0.3, 0.4) is 0 Å². The van der Waals surface area contributed by atoms with Crippen molar-refractivity contribution in [3.63, 3.8) is 0 Å². The summed E-state index contributed by atoms with van der Waals surface area (Å²) in [4.78, 5) is 6.18. The Morgan fingerprint density at radius 1 is 1.44 bits per heavy atom. The van der Waals surface area contributed by atoms with E-state index in [1.165, 1.54) is 0 Å². The van der Waals surface area contributed by atoms with Gasteiger partial charge >= 0.3 is 0 Å². The Hall–Kier alpha value is -1.82. The lowest BCUT2D eigenvalue weighted by Gasteiger charge is -2.09. The molecule has 6 heteroatoms. The van der Waals surface area contributed by atoms with Gasteiger partial charge in [-0.2, -0.15) is 4.98 Å². The number of rotatable bonds is 4. The first-order valence-electron chi connectivity index (χ1n) is 4.96. The largest absolute Gasteiger partial charge is 0.476 e. The van der Waals surface area contributed by atoms with E-state index in [4.69, 9.17) is 15.0 Å². The minimum atomic E-state index is 0.349. The average Bonchev–Trinajstić information content (AvgIpc) is 2.60. The molecule has 2 rings (SSSR count). The summed E-state index contributed by atoms with van der Waals surface area (Å²) in [6, 6.07) is 3.55. The molecule has 0 unspecified atom stereocenters. The van der Waals surface area contributed by atoms with Crippen molar-refractivity contribution in [1.29, 1.82) is 0 Å². The Balaban J connectivity index is 2.08. The van der Waals surface area contributed by atoms with Crippen LogP contribution in [0.25, 0.3) is 11.1 Å². The molecule has 0 bridgehead atoms. The van der Waals surface area contributed by atoms with Crippen molar-refractivity contribution in [2.24, 2.45) is 0 Å². The average molecular weight is 222 g/mol. The summed E-state index contributed by atoms with van der Waals surface area (Å²) in [5.41, 5.74) is 5.98. The smallest absolute Gasteiger partial charge is 0.263 e. The molecule has 16 heavy (non-hydrogen) atoms. The van der Waals surface area contributed by atoms with Gasteiger partial charge in [-0.25, -0.2) is 0 Å². The van der Waals surface area contributed by atoms with Crippen molar-refractivity contribution in [3.8, 4) is 5.88 Å². The van der Waals surface area contributed by atoms with Gasteiger partial charge in [0.2, 0.25) is 5.88 Å². The van der Waals surface area contributed by atoms with Crippen LogP contribution in [0, 0.1) is 0 Å². The molecular weight excluding hydrogens is 208 g/mol. The number of ether oxygens (including phenoxy) is 1. The van der Waals surface area contributed by atoms with E-state index < -0.39 is 0 Å². The fourth-order valence-corrected chi connectivity index (χ4v) is 1.24. The molecule has 86 valence electrons. The molecule has 0 spiro atoms. The molecule has 0 fully saturated rings. The highest BCUT2D eigenvalue weighted by atomic mass is 16.5. The second-order valence-corrected chi connectivity index (χ2v) is 3.72. The van der Waals surface area contributed by atoms with Crippen LogP contribution < -0.4 is 10.5 Å². The van der Waals surface area contributed by atoms with Crippen LogP contribution >= 0.6 is 0 Å². The first-order chi connectivity index (χ1) is 7.66. The molecule has 2 aromatic rings. The van der Waals surface area contributed by atoms with Crippen molar-refractivity contribution in [2.45, 2.75) is 0 Å². The molecule has 2 aromatic heterocycles. The molecule has 2 heterocycles. The number of hydrogen-bond acceptors (Lipinski definition) is 6. The van der Waals surface area contributed by atoms with Crippen molar-refractivity contribution in [3.05, 3.63) is 12.1 Å². The van der Waals surface area contributed by atoms with Crippen LogP contribution in [0.2, 0.25) is 0 Å². The molecule has 0 radical (unpaired) electrons. The van der Waals surface area contributed by atoms with E-state index >= 15 is 0 Å². The number of nitrogens with two attached hydrogens (primary N) is 1. The summed E-state index contributed by atoms with van der Waals surface area (Å²) < 4.78 is 10.4. The normalized spacial score (nSPS) is 11.2. The second-order valence-electron chi connectivity index (χ2n) is 3.72. The second kappa shape index (κ2) is 4.36. The molecule has 0 aromatic carbocycles. The maximum atomic E-state index is 5.57. The van der Waals surface area contributed by atoms with E-state index in [1.54, 1.807) is 12.1 Å². The van der Waals surface area contributed by atoms with Crippen molar-refractivity contribution >= 4 is 16.9 Å². The van der Waals surface area contributed by atoms with Gasteiger partial charge in [0, 0.05) is 12.6 Å². The number of likely N-dealkylation sites (N-methyl/N-ethyl adjacent to an activating group) is 1. The van der Waals surface area contributed by atoms with Gasteiger partial charge in [0.1, 0.15) is 6.61 Å². The number of nitrogen functional groups attached to an aromatic ring is 1. The Kier molecular flexibility index (Phi) is 2.91. The SMILES string of the molecule is CN(C)CCOc1ccc2c(N)noc2n1. The first-order valence-corrected chi connectivity index (χ1v) is 4.96. The Bertz CT molecular complexity index is 481. The summed E-state index contributed by atoms with van der Waals surface area (Å²) in [6.45, 7) is 1.41. The van der Waals surface area contributed by atoms with E-state index in [0.717, 1.165) is 6.54 Å². The molecule has 0 atom stereocenters. The number of hydrogen-bond donors (Lipinski definition) is 1. The van der Waals surface area contributed by atoms with Crippen molar-refractivity contribution in [1.82, 2.24) is 15.0 Å². The van der Waals surface area contributed by atoms with Gasteiger partial charge in [-0.3, -0.25) is 0 Å². The fraction of sp³-hybridized carbons (Fsp3) is 0.400. The van der Waals surface area contributed by atoms with Crippen LogP contribution in [-0.2, 0) is 0 Å². The van der Waals surface area contributed by atoms with Gasteiger partial charge < -0.3 is 19.9 Å². The van der Waals surface area contributed by atoms with Crippen LogP contribution in [0.1, 0.15) is 0 Å². The summed E-state index contributed by atoms with van der Waals surface area (Å²) in [5.74, 6) is 0.868. The van der Waals surface area contributed by atoms with Crippen LogP contribution in [-0.4, -0.2) is 42.3 Å². The molecule has 6 nitrogen and oxygen atoms in total. The minimum Gasteiger partial charge on any atom is -0.476 e. The number of anilines is 1. The maximum absolute atomic E-state index is 5.57. The Labute approximate surface area is 93.0 Å². The quantitative estimate of drug-likeness (QED) is 0.822. The fourth-order valence-electron chi connectivity index (χ4n) is 1.24. The van der Waals surface area contributed by atoms with Gasteiger partial charge in [0.25, 0.3) is 5.71 Å². The predicted octanol–water partition coefficient (Wildman–Crippen LogP) is 0.745. The summed E-state index contributed by atoms with van der Waals surface area (Å²) in [7, 11) is 3.97. The molecule has 0 saturated heterocycles. The third-order valence-electron chi connectivity index (χ3n) is 2.13. The highest BCUT2D eigenvalue weighted by Crippen LogP contribution is 2.20. The van der Waals surface area contributed by atoms with Gasteiger partial charge in [0.05, 0.1) is 5.39 Å². The lowest BCUT2D eigenvalue weighted by atomic mass is 10.3. The zero-order chi connectivity index (χ0) is 11.5. The summed E-state index contributed by atoms with van der Waals surface area (Å²) >= 11 is 0. The van der Waals surface area contributed by atoms with Gasteiger partial charge in [-0.1, -0.05) is 5.16 Å². The third kappa shape index (κ3) is 2.22. The molecule has 0 amide bonds. The van der Waals surface area contributed by atoms with Crippen LogP contribution in [0.15, 0.2) is 16.7 Å². The van der Waals surface area contributed by atoms with Crippen LogP contribution in [0.4, 0.5) is 5.82 Å². The maximum Gasteiger partial charge on any atom is 0.263 e. The lowest BCUT2D eigenvalue weighted by molar-refractivity contribution is 0.253. The minimum absolute atomic E-state index is 0.349. The van der Waals surface area contributed by atoms with Crippen molar-refractivity contribution in [2.75, 3.05) is 33.0 Å². The van der Waals surface area contributed by atoms with E-state index in [2.05, 4.69) is 10.1 Å². The highest BCUT2D eigenvalue weighted by molar-refractivity contribution is 5.84. The standard InChI is InChI=1S/C10H14N4O2/c1-14(2)5-6-15-8-4-3-7-9(11)13-16-10(7)12-8/h3-4H,5-6H2,1-2H3,(H2,11,13). The zero-order valence-electron chi connectivity index (χ0n) is 9.30. The molecular formula is C10H14N4O2. The van der Waals surface area contributed by atoms with Gasteiger partial charge in [0.15, 0.2) is 5.82 Å². The molecule has 0 aliphatic carbocycles. The molecule has 0 aliphatic heterocycles. The summed E-state index contributed by atoms with van der Waals surface area (Å²) in [5, 5.41) is 4.33. The number of fused-ring (bicyclic) bond motifs is 1. The molecule has 0 aliphatic rings. The lowest BCUT2D eigenvalue weighted by Crippen LogP contribution is -2.19. The Morgan fingerprint density at radius 3 is 3.00 bits per heavy atom. The highest BCUT2D eigenvalue weighted by Gasteiger charge is 2.07. The third-order valence-corrected chi connectivity index (χ3v) is 2.13. The molecule has 0 saturated carbocycles. The predicted molar refractivity (Wildman–Crippen MR) is 60.3 cm³/mol. The molecule has 2 N–H and O–H groups in total. The topological polar surface area (TPSA) is 77.4 Å². The van der Waals surface area contributed by atoms with E-state index in [1.807, 2.05) is 19.0 Å². The van der Waals surface area contributed by atoms with Crippen LogP contribution in [0.5, 0.6) is 5.88 Å². The van der Waals surface area contributed by atoms with E-state index in [0.29, 0.717) is 29.4 Å². The monoisotopic (exact) mass is 222 g/mol. The zero-order valence-corrected chi connectivity index (χ0v) is 9.30. The number of nitrogens with zero attached hydrogens (tertiary/aromatic N) is 3. The van der Waals surface area contributed by atoms with E-state index in [9.17, 15) is 0 Å². The number of pyridine rings is 1. The summed E-state index contributed by atoms with van der Waals surface area (Å²) in [6.07, 6.45) is 0. The Morgan fingerprint density at radius 2 is 2.25 bits per heavy atom. The van der Waals surface area contributed by atoms with Gasteiger partial charge in [-0.05, 0) is 20.2 Å². The van der Waals surface area contributed by atoms with E-state index in [-0.39, 0.29) is 0 Å².